The number of carbonyl (C=O) groups excluding carboxylic acids is 2. The molecule has 1 atom stereocenters. The molecule has 2 aliphatic heterocycles. The zero-order valence-corrected chi connectivity index (χ0v) is 14.0. The molecule has 2 heterocycles. The van der Waals surface area contributed by atoms with Gasteiger partial charge in [0.05, 0.1) is 12.1 Å². The largest absolute Gasteiger partial charge is 0.454 e. The number of hydrogen-bond acceptors (Lipinski definition) is 4. The molecule has 128 valence electrons. The number of anilines is 1. The number of quaternary nitrogens is 1. The third-order valence-electron chi connectivity index (χ3n) is 4.32. The van der Waals surface area contributed by atoms with Gasteiger partial charge in [0.1, 0.15) is 6.54 Å². The lowest BCUT2D eigenvalue weighted by molar-refractivity contribution is -0.690. The predicted octanol–water partition coefficient (Wildman–Crippen LogP) is 1.46. The normalized spacial score (nSPS) is 18.9. The highest BCUT2D eigenvalue weighted by atomic mass is 35.5. The van der Waals surface area contributed by atoms with Gasteiger partial charge in [0.2, 0.25) is 12.7 Å². The topological polar surface area (TPSA) is 72.5 Å². The first-order valence-electron chi connectivity index (χ1n) is 7.96. The van der Waals surface area contributed by atoms with Gasteiger partial charge in [-0.2, -0.15) is 0 Å². The molecule has 2 aliphatic rings. The number of halogens is 1. The maximum atomic E-state index is 12.6. The molecule has 2 N–H and O–H groups in total. The van der Waals surface area contributed by atoms with E-state index in [1.54, 1.807) is 24.3 Å². The Morgan fingerprint density at radius 3 is 2.80 bits per heavy atom. The minimum atomic E-state index is -0.433. The van der Waals surface area contributed by atoms with Crippen molar-refractivity contribution in [2.24, 2.45) is 0 Å². The highest BCUT2D eigenvalue weighted by molar-refractivity contribution is 6.31. The Morgan fingerprint density at radius 2 is 1.96 bits per heavy atom. The minimum absolute atomic E-state index is 0.176. The van der Waals surface area contributed by atoms with Gasteiger partial charge < -0.3 is 14.8 Å². The highest BCUT2D eigenvalue weighted by Crippen LogP contribution is 2.32. The molecule has 25 heavy (non-hydrogen) atoms. The summed E-state index contributed by atoms with van der Waals surface area (Å²) in [6.07, 6.45) is 0.176. The number of carbonyl (C=O) groups is 2. The molecule has 0 bridgehead atoms. The van der Waals surface area contributed by atoms with E-state index in [4.69, 9.17) is 21.1 Å². The molecule has 0 unspecified atom stereocenters. The summed E-state index contributed by atoms with van der Waals surface area (Å²) in [7, 11) is 0. The smallest absolute Gasteiger partial charge is 0.292 e. The van der Waals surface area contributed by atoms with Crippen molar-refractivity contribution in [3.63, 3.8) is 0 Å². The quantitative estimate of drug-likeness (QED) is 0.839. The lowest BCUT2D eigenvalue weighted by atomic mass is 10.1. The molecule has 0 spiro atoms. The average Bonchev–Trinajstić information content (AvgIpc) is 3.16. The van der Waals surface area contributed by atoms with Gasteiger partial charge in [0.15, 0.2) is 17.5 Å². The Balaban J connectivity index is 1.45. The molecule has 2 amide bonds. The van der Waals surface area contributed by atoms with Crippen LogP contribution < -0.4 is 19.7 Å². The molecule has 2 aromatic carbocycles. The van der Waals surface area contributed by atoms with E-state index in [-0.39, 0.29) is 25.0 Å². The van der Waals surface area contributed by atoms with Crippen LogP contribution in [0.4, 0.5) is 5.69 Å². The molecule has 0 saturated carbocycles. The Morgan fingerprint density at radius 1 is 1.12 bits per heavy atom. The van der Waals surface area contributed by atoms with Crippen LogP contribution in [0.3, 0.4) is 0 Å². The predicted molar refractivity (Wildman–Crippen MR) is 90.5 cm³/mol. The number of imide groups is 1. The molecule has 0 aromatic heterocycles. The maximum Gasteiger partial charge on any atom is 0.292 e. The Bertz CT molecular complexity index is 855. The average molecular weight is 360 g/mol. The summed E-state index contributed by atoms with van der Waals surface area (Å²) in [5, 5.41) is 2.37. The van der Waals surface area contributed by atoms with E-state index in [1.807, 2.05) is 23.5 Å². The molecule has 7 heteroatoms. The summed E-state index contributed by atoms with van der Waals surface area (Å²) in [5.74, 6) is 1.01. The zero-order valence-electron chi connectivity index (χ0n) is 13.3. The van der Waals surface area contributed by atoms with E-state index in [9.17, 15) is 9.59 Å². The molecule has 0 aliphatic carbocycles. The van der Waals surface area contributed by atoms with Crippen LogP contribution in [0.25, 0.3) is 0 Å². The van der Waals surface area contributed by atoms with Gasteiger partial charge >= 0.3 is 0 Å². The zero-order chi connectivity index (χ0) is 17.4. The molecule has 0 radical (unpaired) electrons. The maximum absolute atomic E-state index is 12.6. The van der Waals surface area contributed by atoms with Crippen LogP contribution in [-0.4, -0.2) is 24.6 Å². The van der Waals surface area contributed by atoms with Crippen LogP contribution in [0.2, 0.25) is 5.02 Å². The van der Waals surface area contributed by atoms with Crippen molar-refractivity contribution in [2.75, 3.05) is 11.7 Å². The van der Waals surface area contributed by atoms with E-state index < -0.39 is 6.04 Å². The fourth-order valence-corrected chi connectivity index (χ4v) is 3.26. The SMILES string of the molecule is O=C1C[C@@H]([NH2+]Cc2ccc3c(c2)OCO3)C(=O)N1c1cccc(Cl)c1. The molecular weight excluding hydrogens is 344 g/mol. The lowest BCUT2D eigenvalue weighted by Crippen LogP contribution is -2.90. The molecule has 1 fully saturated rings. The van der Waals surface area contributed by atoms with Crippen molar-refractivity contribution in [3.8, 4) is 11.5 Å². The number of nitrogens with two attached hydrogens (primary N) is 1. The second kappa shape index (κ2) is 6.38. The van der Waals surface area contributed by atoms with Crippen molar-refractivity contribution in [2.45, 2.75) is 19.0 Å². The summed E-state index contributed by atoms with van der Waals surface area (Å²) < 4.78 is 10.6. The van der Waals surface area contributed by atoms with E-state index in [2.05, 4.69) is 0 Å². The van der Waals surface area contributed by atoms with Crippen LogP contribution >= 0.6 is 11.6 Å². The highest BCUT2D eigenvalue weighted by Gasteiger charge is 2.42. The number of hydrogen-bond donors (Lipinski definition) is 1. The van der Waals surface area contributed by atoms with Gasteiger partial charge in [-0.1, -0.05) is 17.7 Å². The van der Waals surface area contributed by atoms with Crippen molar-refractivity contribution < 1.29 is 24.4 Å². The molecule has 2 aromatic rings. The van der Waals surface area contributed by atoms with Crippen LogP contribution in [-0.2, 0) is 16.1 Å². The molecule has 6 nitrogen and oxygen atoms in total. The van der Waals surface area contributed by atoms with E-state index in [1.165, 1.54) is 4.90 Å². The van der Waals surface area contributed by atoms with E-state index >= 15 is 0 Å². The third kappa shape index (κ3) is 3.06. The Hall–Kier alpha value is -2.57. The van der Waals surface area contributed by atoms with Gasteiger partial charge in [0, 0.05) is 10.6 Å². The molecular formula is C18H16ClN2O4+. The van der Waals surface area contributed by atoms with E-state index in [0.29, 0.717) is 23.0 Å². The van der Waals surface area contributed by atoms with Crippen molar-refractivity contribution >= 4 is 29.1 Å². The fourth-order valence-electron chi connectivity index (χ4n) is 3.07. The summed E-state index contributed by atoms with van der Waals surface area (Å²) in [6.45, 7) is 0.802. The summed E-state index contributed by atoms with van der Waals surface area (Å²) in [6, 6.07) is 12.0. The molecule has 4 rings (SSSR count). The van der Waals surface area contributed by atoms with Gasteiger partial charge in [-0.3, -0.25) is 9.59 Å². The van der Waals surface area contributed by atoms with Gasteiger partial charge in [-0.15, -0.1) is 0 Å². The van der Waals surface area contributed by atoms with Crippen LogP contribution in [0, 0.1) is 0 Å². The second-order valence-corrected chi connectivity index (χ2v) is 6.42. The minimum Gasteiger partial charge on any atom is -0.454 e. The molecule has 1 saturated heterocycles. The first-order chi connectivity index (χ1) is 12.1. The van der Waals surface area contributed by atoms with Crippen LogP contribution in [0.15, 0.2) is 42.5 Å². The van der Waals surface area contributed by atoms with Crippen LogP contribution in [0.1, 0.15) is 12.0 Å². The summed E-state index contributed by atoms with van der Waals surface area (Å²) in [5.41, 5.74) is 1.52. The van der Waals surface area contributed by atoms with Crippen molar-refractivity contribution in [3.05, 3.63) is 53.1 Å². The standard InChI is InChI=1S/C18H15ClN2O4/c19-12-2-1-3-13(7-12)21-17(22)8-14(18(21)23)20-9-11-4-5-15-16(6-11)25-10-24-15/h1-7,14,20H,8-10H2/p+1/t14-/m1/s1. The number of fused-ring (bicyclic) bond motifs is 1. The lowest BCUT2D eigenvalue weighted by Gasteiger charge is -2.14. The Labute approximate surface area is 149 Å². The second-order valence-electron chi connectivity index (χ2n) is 5.99. The van der Waals surface area contributed by atoms with Crippen LogP contribution in [0.5, 0.6) is 11.5 Å². The Kier molecular flexibility index (Phi) is 4.07. The fraction of sp³-hybridized carbons (Fsp3) is 0.222. The third-order valence-corrected chi connectivity index (χ3v) is 4.56. The van der Waals surface area contributed by atoms with Gasteiger partial charge in [0.25, 0.3) is 5.91 Å². The van der Waals surface area contributed by atoms with E-state index in [0.717, 1.165) is 11.3 Å². The monoisotopic (exact) mass is 359 g/mol. The van der Waals surface area contributed by atoms with Crippen molar-refractivity contribution in [1.82, 2.24) is 0 Å². The first-order valence-corrected chi connectivity index (χ1v) is 8.34. The summed E-state index contributed by atoms with van der Waals surface area (Å²) >= 11 is 5.96. The first kappa shape index (κ1) is 15.9. The number of rotatable bonds is 4. The number of benzene rings is 2. The summed E-state index contributed by atoms with van der Waals surface area (Å²) in [4.78, 5) is 26.1. The van der Waals surface area contributed by atoms with Crippen molar-refractivity contribution in [1.29, 1.82) is 0 Å². The number of amides is 2. The van der Waals surface area contributed by atoms with Gasteiger partial charge in [-0.05, 0) is 36.4 Å². The number of nitrogens with zero attached hydrogens (tertiary/aromatic N) is 1. The van der Waals surface area contributed by atoms with Gasteiger partial charge in [-0.25, -0.2) is 4.90 Å². The number of ether oxygens (including phenoxy) is 2.